The summed E-state index contributed by atoms with van der Waals surface area (Å²) in [5, 5.41) is 3.55. The molecule has 1 aromatic carbocycles. The van der Waals surface area contributed by atoms with Gasteiger partial charge in [-0.1, -0.05) is 12.5 Å². The predicted molar refractivity (Wildman–Crippen MR) is 81.5 cm³/mol. The van der Waals surface area contributed by atoms with Crippen molar-refractivity contribution < 1.29 is 9.47 Å². The number of methoxy groups -OCH3 is 2. The minimum atomic E-state index is 0.660. The van der Waals surface area contributed by atoms with Gasteiger partial charge >= 0.3 is 0 Å². The second kappa shape index (κ2) is 7.50. The van der Waals surface area contributed by atoms with Gasteiger partial charge in [0.05, 0.1) is 14.2 Å². The number of likely N-dealkylation sites (tertiary alicyclic amines) is 1. The predicted octanol–water partition coefficient (Wildman–Crippen LogP) is 2.28. The number of hydrogen-bond acceptors (Lipinski definition) is 4. The molecule has 1 atom stereocenters. The van der Waals surface area contributed by atoms with Crippen molar-refractivity contribution in [1.82, 2.24) is 10.2 Å². The highest BCUT2D eigenvalue weighted by Gasteiger charge is 2.18. The monoisotopic (exact) mass is 278 g/mol. The zero-order valence-corrected chi connectivity index (χ0v) is 12.8. The molecule has 1 aliphatic rings. The largest absolute Gasteiger partial charge is 0.497 e. The Hall–Kier alpha value is -1.26. The SMILES string of the molecule is COc1ccc(CNCC2CCCCN2C)c(OC)c1. The molecule has 20 heavy (non-hydrogen) atoms. The van der Waals surface area contributed by atoms with Gasteiger partial charge in [-0.2, -0.15) is 0 Å². The number of rotatable bonds is 6. The number of nitrogens with zero attached hydrogens (tertiary/aromatic N) is 1. The van der Waals surface area contributed by atoms with E-state index >= 15 is 0 Å². The van der Waals surface area contributed by atoms with Crippen LogP contribution in [-0.4, -0.2) is 45.3 Å². The number of ether oxygens (including phenoxy) is 2. The van der Waals surface area contributed by atoms with Crippen LogP contribution in [0.3, 0.4) is 0 Å². The maximum Gasteiger partial charge on any atom is 0.127 e. The third-order valence-corrected chi connectivity index (χ3v) is 4.11. The molecule has 0 aliphatic carbocycles. The molecule has 1 heterocycles. The van der Waals surface area contributed by atoms with Crippen LogP contribution < -0.4 is 14.8 Å². The van der Waals surface area contributed by atoms with Crippen LogP contribution in [0.25, 0.3) is 0 Å². The number of benzene rings is 1. The number of nitrogens with one attached hydrogen (secondary N) is 1. The van der Waals surface area contributed by atoms with E-state index in [-0.39, 0.29) is 0 Å². The average molecular weight is 278 g/mol. The van der Waals surface area contributed by atoms with Crippen LogP contribution in [0.1, 0.15) is 24.8 Å². The maximum atomic E-state index is 5.42. The zero-order chi connectivity index (χ0) is 14.4. The highest BCUT2D eigenvalue weighted by Crippen LogP contribution is 2.24. The summed E-state index contributed by atoms with van der Waals surface area (Å²) in [6.45, 7) is 3.08. The third kappa shape index (κ3) is 3.87. The molecule has 1 aliphatic heterocycles. The van der Waals surface area contributed by atoms with Crippen molar-refractivity contribution in [1.29, 1.82) is 0 Å². The standard InChI is InChI=1S/C16H26N2O2/c1-18-9-5-4-6-14(18)12-17-11-13-7-8-15(19-2)10-16(13)20-3/h7-8,10,14,17H,4-6,9,11-12H2,1-3H3. The zero-order valence-electron chi connectivity index (χ0n) is 12.8. The van der Waals surface area contributed by atoms with Crippen LogP contribution >= 0.6 is 0 Å². The van der Waals surface area contributed by atoms with Crippen molar-refractivity contribution in [3.05, 3.63) is 23.8 Å². The Kier molecular flexibility index (Phi) is 5.68. The molecule has 1 saturated heterocycles. The fourth-order valence-corrected chi connectivity index (χ4v) is 2.77. The van der Waals surface area contributed by atoms with Gasteiger partial charge in [-0.15, -0.1) is 0 Å². The molecule has 1 unspecified atom stereocenters. The molecule has 0 bridgehead atoms. The second-order valence-electron chi connectivity index (χ2n) is 5.44. The molecule has 0 saturated carbocycles. The number of hydrogen-bond donors (Lipinski definition) is 1. The van der Waals surface area contributed by atoms with E-state index in [0.29, 0.717) is 6.04 Å². The van der Waals surface area contributed by atoms with Crippen LogP contribution in [0.4, 0.5) is 0 Å². The first kappa shape index (κ1) is 15.1. The van der Waals surface area contributed by atoms with E-state index in [1.54, 1.807) is 14.2 Å². The normalized spacial score (nSPS) is 19.9. The Balaban J connectivity index is 1.87. The minimum absolute atomic E-state index is 0.660. The average Bonchev–Trinajstić information content (AvgIpc) is 2.49. The number of piperidine rings is 1. The molecule has 1 N–H and O–H groups in total. The Labute approximate surface area is 122 Å². The van der Waals surface area contributed by atoms with Gasteiger partial charge in [0.2, 0.25) is 0 Å². The summed E-state index contributed by atoms with van der Waals surface area (Å²) in [6.07, 6.45) is 3.98. The van der Waals surface area contributed by atoms with E-state index in [4.69, 9.17) is 9.47 Å². The highest BCUT2D eigenvalue weighted by atomic mass is 16.5. The molecule has 1 fully saturated rings. The molecule has 4 heteroatoms. The lowest BCUT2D eigenvalue weighted by Crippen LogP contribution is -2.42. The molecule has 0 aromatic heterocycles. The van der Waals surface area contributed by atoms with Crippen molar-refractivity contribution >= 4 is 0 Å². The molecule has 2 rings (SSSR count). The first-order valence-electron chi connectivity index (χ1n) is 7.36. The lowest BCUT2D eigenvalue weighted by molar-refractivity contribution is 0.181. The summed E-state index contributed by atoms with van der Waals surface area (Å²) < 4.78 is 10.6. The van der Waals surface area contributed by atoms with Crippen LogP contribution in [0, 0.1) is 0 Å². The van der Waals surface area contributed by atoms with Crippen molar-refractivity contribution in [2.45, 2.75) is 31.8 Å². The molecule has 112 valence electrons. The summed E-state index contributed by atoms with van der Waals surface area (Å²) in [7, 11) is 5.60. The highest BCUT2D eigenvalue weighted by molar-refractivity contribution is 5.40. The van der Waals surface area contributed by atoms with E-state index in [1.165, 1.54) is 31.4 Å². The maximum absolute atomic E-state index is 5.42. The van der Waals surface area contributed by atoms with Crippen molar-refractivity contribution in [2.75, 3.05) is 34.4 Å². The molecule has 0 spiro atoms. The van der Waals surface area contributed by atoms with E-state index in [1.807, 2.05) is 12.1 Å². The van der Waals surface area contributed by atoms with Crippen LogP contribution in [-0.2, 0) is 6.54 Å². The van der Waals surface area contributed by atoms with E-state index in [2.05, 4.69) is 23.3 Å². The second-order valence-corrected chi connectivity index (χ2v) is 5.44. The van der Waals surface area contributed by atoms with Gasteiger partial charge in [0.15, 0.2) is 0 Å². The lowest BCUT2D eigenvalue weighted by Gasteiger charge is -2.32. The Morgan fingerprint density at radius 2 is 2.10 bits per heavy atom. The van der Waals surface area contributed by atoms with Crippen LogP contribution in [0.5, 0.6) is 11.5 Å². The first-order valence-corrected chi connectivity index (χ1v) is 7.36. The fraction of sp³-hybridized carbons (Fsp3) is 0.625. The summed E-state index contributed by atoms with van der Waals surface area (Å²) in [5.41, 5.74) is 1.17. The summed E-state index contributed by atoms with van der Waals surface area (Å²) in [4.78, 5) is 2.46. The molecular formula is C16H26N2O2. The Morgan fingerprint density at radius 3 is 2.80 bits per heavy atom. The summed E-state index contributed by atoms with van der Waals surface area (Å²) in [5.74, 6) is 1.71. The van der Waals surface area contributed by atoms with Crippen molar-refractivity contribution in [3.8, 4) is 11.5 Å². The summed E-state index contributed by atoms with van der Waals surface area (Å²) >= 11 is 0. The van der Waals surface area contributed by atoms with E-state index in [9.17, 15) is 0 Å². The van der Waals surface area contributed by atoms with Gasteiger partial charge in [-0.25, -0.2) is 0 Å². The Bertz CT molecular complexity index is 423. The molecule has 1 aromatic rings. The van der Waals surface area contributed by atoms with E-state index < -0.39 is 0 Å². The number of likely N-dealkylation sites (N-methyl/N-ethyl adjacent to an activating group) is 1. The summed E-state index contributed by atoms with van der Waals surface area (Å²) in [6, 6.07) is 6.64. The minimum Gasteiger partial charge on any atom is -0.497 e. The first-order chi connectivity index (χ1) is 9.74. The van der Waals surface area contributed by atoms with Gasteiger partial charge < -0.3 is 19.7 Å². The molecule has 4 nitrogen and oxygen atoms in total. The van der Waals surface area contributed by atoms with Crippen LogP contribution in [0.2, 0.25) is 0 Å². The lowest BCUT2D eigenvalue weighted by atomic mass is 10.0. The molecule has 0 radical (unpaired) electrons. The van der Waals surface area contributed by atoms with E-state index in [0.717, 1.165) is 24.6 Å². The van der Waals surface area contributed by atoms with Gasteiger partial charge in [0, 0.05) is 30.8 Å². The van der Waals surface area contributed by atoms with Gasteiger partial charge in [-0.3, -0.25) is 0 Å². The quantitative estimate of drug-likeness (QED) is 0.865. The topological polar surface area (TPSA) is 33.7 Å². The van der Waals surface area contributed by atoms with Gasteiger partial charge in [-0.05, 0) is 32.5 Å². The fourth-order valence-electron chi connectivity index (χ4n) is 2.77. The van der Waals surface area contributed by atoms with Crippen molar-refractivity contribution in [3.63, 3.8) is 0 Å². The Morgan fingerprint density at radius 1 is 1.25 bits per heavy atom. The smallest absolute Gasteiger partial charge is 0.127 e. The van der Waals surface area contributed by atoms with Gasteiger partial charge in [0.1, 0.15) is 11.5 Å². The van der Waals surface area contributed by atoms with Gasteiger partial charge in [0.25, 0.3) is 0 Å². The molecular weight excluding hydrogens is 252 g/mol. The van der Waals surface area contributed by atoms with Crippen molar-refractivity contribution in [2.24, 2.45) is 0 Å². The van der Waals surface area contributed by atoms with Crippen LogP contribution in [0.15, 0.2) is 18.2 Å². The third-order valence-electron chi connectivity index (χ3n) is 4.11. The molecule has 0 amide bonds.